The van der Waals surface area contributed by atoms with Gasteiger partial charge in [-0.3, -0.25) is 4.68 Å². The molecule has 6 heteroatoms. The van der Waals surface area contributed by atoms with Gasteiger partial charge in [0.2, 0.25) is 0 Å². The zero-order valence-electron chi connectivity index (χ0n) is 15.2. The summed E-state index contributed by atoms with van der Waals surface area (Å²) in [6.07, 6.45) is 1.46. The molecule has 1 aliphatic rings. The Hall–Kier alpha value is -1.56. The number of amides is 1. The minimum atomic E-state index is -0.470. The number of carbonyl (C=O) groups is 1. The van der Waals surface area contributed by atoms with E-state index in [4.69, 9.17) is 9.47 Å². The molecule has 0 saturated carbocycles. The van der Waals surface area contributed by atoms with Crippen LogP contribution in [0, 0.1) is 0 Å². The summed E-state index contributed by atoms with van der Waals surface area (Å²) in [6.45, 7) is 11.5. The average molecular weight is 323 g/mol. The van der Waals surface area contributed by atoms with Gasteiger partial charge in [-0.1, -0.05) is 6.92 Å². The van der Waals surface area contributed by atoms with Crippen molar-refractivity contribution in [3.8, 4) is 0 Å². The lowest BCUT2D eigenvalue weighted by Gasteiger charge is -2.27. The summed E-state index contributed by atoms with van der Waals surface area (Å²) in [4.78, 5) is 13.9. The molecule has 1 aromatic rings. The van der Waals surface area contributed by atoms with E-state index >= 15 is 0 Å². The number of aryl methyl sites for hydroxylation is 2. The molecule has 1 aromatic heterocycles. The first-order valence-corrected chi connectivity index (χ1v) is 8.25. The van der Waals surface area contributed by atoms with Crippen molar-refractivity contribution in [3.05, 3.63) is 17.5 Å². The van der Waals surface area contributed by atoms with Gasteiger partial charge in [0.1, 0.15) is 5.60 Å². The van der Waals surface area contributed by atoms with Crippen LogP contribution in [0.2, 0.25) is 0 Å². The van der Waals surface area contributed by atoms with Gasteiger partial charge < -0.3 is 14.4 Å². The monoisotopic (exact) mass is 323 g/mol. The van der Waals surface area contributed by atoms with Crippen LogP contribution >= 0.6 is 0 Å². The van der Waals surface area contributed by atoms with E-state index in [0.29, 0.717) is 19.7 Å². The maximum atomic E-state index is 12.2. The second-order valence-corrected chi connectivity index (χ2v) is 7.49. The van der Waals surface area contributed by atoms with Crippen molar-refractivity contribution >= 4 is 6.09 Å². The highest BCUT2D eigenvalue weighted by Gasteiger charge is 2.38. The Morgan fingerprint density at radius 3 is 2.70 bits per heavy atom. The third-order valence-corrected chi connectivity index (χ3v) is 4.05. The van der Waals surface area contributed by atoms with E-state index in [1.807, 2.05) is 32.5 Å². The fraction of sp³-hybridized carbons (Fsp3) is 0.765. The molecule has 0 bridgehead atoms. The van der Waals surface area contributed by atoms with E-state index in [9.17, 15) is 4.79 Å². The highest BCUT2D eigenvalue weighted by Crippen LogP contribution is 2.27. The Morgan fingerprint density at radius 1 is 1.43 bits per heavy atom. The molecule has 1 unspecified atom stereocenters. The highest BCUT2D eigenvalue weighted by molar-refractivity contribution is 5.68. The van der Waals surface area contributed by atoms with E-state index in [0.717, 1.165) is 24.2 Å². The van der Waals surface area contributed by atoms with Crippen LogP contribution in [-0.4, -0.2) is 45.1 Å². The molecule has 130 valence electrons. The smallest absolute Gasteiger partial charge is 0.410 e. The molecule has 1 fully saturated rings. The number of likely N-dealkylation sites (tertiary alicyclic amines) is 1. The highest BCUT2D eigenvalue weighted by atomic mass is 16.6. The molecule has 1 aliphatic heterocycles. The van der Waals surface area contributed by atoms with E-state index in [1.54, 1.807) is 4.90 Å². The summed E-state index contributed by atoms with van der Waals surface area (Å²) in [6, 6.07) is 2.07. The van der Waals surface area contributed by atoms with Crippen molar-refractivity contribution in [2.45, 2.75) is 65.3 Å². The number of carbonyl (C=O) groups excluding carboxylic acids is 1. The van der Waals surface area contributed by atoms with Gasteiger partial charge in [-0.2, -0.15) is 5.10 Å². The van der Waals surface area contributed by atoms with Crippen LogP contribution in [0.5, 0.6) is 0 Å². The van der Waals surface area contributed by atoms with Crippen LogP contribution in [-0.2, 0) is 29.5 Å². The summed E-state index contributed by atoms with van der Waals surface area (Å²) in [5.41, 5.74) is 1.31. The molecule has 1 amide bonds. The fourth-order valence-corrected chi connectivity index (χ4v) is 2.66. The average Bonchev–Trinajstić information content (AvgIpc) is 2.99. The van der Waals surface area contributed by atoms with Gasteiger partial charge in [-0.25, -0.2) is 4.79 Å². The van der Waals surface area contributed by atoms with Crippen LogP contribution in [0.25, 0.3) is 0 Å². The first-order chi connectivity index (χ1) is 10.6. The molecule has 1 saturated heterocycles. The third-order valence-electron chi connectivity index (χ3n) is 4.05. The van der Waals surface area contributed by atoms with E-state index in [-0.39, 0.29) is 11.7 Å². The summed E-state index contributed by atoms with van der Waals surface area (Å²) < 4.78 is 13.4. The van der Waals surface area contributed by atoms with Crippen LogP contribution in [0.4, 0.5) is 4.79 Å². The lowest BCUT2D eigenvalue weighted by atomic mass is 10.1. The van der Waals surface area contributed by atoms with Crippen molar-refractivity contribution in [3.63, 3.8) is 0 Å². The number of aromatic nitrogens is 2. The van der Waals surface area contributed by atoms with E-state index in [1.165, 1.54) is 0 Å². The van der Waals surface area contributed by atoms with Gasteiger partial charge in [0.15, 0.2) is 0 Å². The Kier molecular flexibility index (Phi) is 5.04. The van der Waals surface area contributed by atoms with Crippen LogP contribution in [0.15, 0.2) is 6.07 Å². The van der Waals surface area contributed by atoms with E-state index < -0.39 is 5.60 Å². The Morgan fingerprint density at radius 2 is 2.13 bits per heavy atom. The normalized spacial score (nSPS) is 21.7. The summed E-state index contributed by atoms with van der Waals surface area (Å²) in [5.74, 6) is 0. The van der Waals surface area contributed by atoms with Crippen molar-refractivity contribution < 1.29 is 14.3 Å². The van der Waals surface area contributed by atoms with Gasteiger partial charge in [-0.05, 0) is 46.6 Å². The van der Waals surface area contributed by atoms with Crippen molar-refractivity contribution in [2.24, 2.45) is 7.05 Å². The first-order valence-electron chi connectivity index (χ1n) is 8.25. The number of nitrogens with zero attached hydrogens (tertiary/aromatic N) is 3. The number of hydrogen-bond donors (Lipinski definition) is 0. The van der Waals surface area contributed by atoms with Crippen LogP contribution in [0.1, 0.15) is 52.4 Å². The molecular weight excluding hydrogens is 294 g/mol. The fourth-order valence-electron chi connectivity index (χ4n) is 2.66. The predicted molar refractivity (Wildman–Crippen MR) is 88.2 cm³/mol. The van der Waals surface area contributed by atoms with Gasteiger partial charge in [-0.15, -0.1) is 0 Å². The number of ether oxygens (including phenoxy) is 2. The van der Waals surface area contributed by atoms with Crippen molar-refractivity contribution in [1.82, 2.24) is 14.7 Å². The second kappa shape index (κ2) is 6.51. The standard InChI is InChI=1S/C17H29N3O3/c1-7-13-10-14(19(6)18-13)11-22-17(5)8-9-20(12-17)15(21)23-16(2,3)4/h10H,7-9,11-12H2,1-6H3. The minimum absolute atomic E-state index is 0.265. The first kappa shape index (κ1) is 17.8. The third kappa shape index (κ3) is 4.70. The van der Waals surface area contributed by atoms with Crippen LogP contribution in [0.3, 0.4) is 0 Å². The SMILES string of the molecule is CCc1cc(COC2(C)CCN(C(=O)OC(C)(C)C)C2)n(C)n1. The molecule has 0 aromatic carbocycles. The molecule has 0 N–H and O–H groups in total. The van der Waals surface area contributed by atoms with Gasteiger partial charge in [0.25, 0.3) is 0 Å². The Balaban J connectivity index is 1.91. The Bertz CT molecular complexity index is 562. The number of hydrogen-bond acceptors (Lipinski definition) is 4. The zero-order valence-corrected chi connectivity index (χ0v) is 15.2. The van der Waals surface area contributed by atoms with Crippen LogP contribution < -0.4 is 0 Å². The molecule has 0 spiro atoms. The van der Waals surface area contributed by atoms with Gasteiger partial charge in [0.05, 0.1) is 30.1 Å². The molecule has 0 radical (unpaired) electrons. The largest absolute Gasteiger partial charge is 0.444 e. The topological polar surface area (TPSA) is 56.6 Å². The molecule has 23 heavy (non-hydrogen) atoms. The molecule has 6 nitrogen and oxygen atoms in total. The predicted octanol–water partition coefficient (Wildman–Crippen LogP) is 2.90. The molecule has 2 heterocycles. The maximum absolute atomic E-state index is 12.2. The second-order valence-electron chi connectivity index (χ2n) is 7.49. The van der Waals surface area contributed by atoms with Crippen molar-refractivity contribution in [2.75, 3.05) is 13.1 Å². The zero-order chi connectivity index (χ0) is 17.3. The summed E-state index contributed by atoms with van der Waals surface area (Å²) >= 11 is 0. The van der Waals surface area contributed by atoms with Crippen molar-refractivity contribution in [1.29, 1.82) is 0 Å². The quantitative estimate of drug-likeness (QED) is 0.855. The van der Waals surface area contributed by atoms with Gasteiger partial charge >= 0.3 is 6.09 Å². The maximum Gasteiger partial charge on any atom is 0.410 e. The lowest BCUT2D eigenvalue weighted by Crippen LogP contribution is -2.39. The molecule has 1 atom stereocenters. The Labute approximate surface area is 138 Å². The van der Waals surface area contributed by atoms with Gasteiger partial charge in [0, 0.05) is 13.6 Å². The summed E-state index contributed by atoms with van der Waals surface area (Å²) in [5, 5.41) is 4.43. The lowest BCUT2D eigenvalue weighted by molar-refractivity contribution is -0.0396. The minimum Gasteiger partial charge on any atom is -0.444 e. The molecule has 2 rings (SSSR count). The number of rotatable bonds is 4. The molecular formula is C17H29N3O3. The molecule has 0 aliphatic carbocycles. The summed E-state index contributed by atoms with van der Waals surface area (Å²) in [7, 11) is 1.93. The van der Waals surface area contributed by atoms with E-state index in [2.05, 4.69) is 25.0 Å².